The van der Waals surface area contributed by atoms with Crippen LogP contribution in [0.5, 0.6) is 0 Å². The Hall–Kier alpha value is -4.62. The zero-order valence-electron chi connectivity index (χ0n) is 26.9. The molecule has 7 aromatic rings. The quantitative estimate of drug-likeness (QED) is 0.178. The van der Waals surface area contributed by atoms with Crippen molar-refractivity contribution in [2.75, 3.05) is 0 Å². The van der Waals surface area contributed by atoms with Crippen molar-refractivity contribution in [2.24, 2.45) is 0 Å². The van der Waals surface area contributed by atoms with Gasteiger partial charge in [-0.2, -0.15) is 0 Å². The second kappa shape index (κ2) is 12.8. The number of nitrogens with zero attached hydrogens (tertiary/aromatic N) is 4. The molecule has 0 spiro atoms. The number of hydrogen-bond donors (Lipinski definition) is 0. The first-order valence-corrected chi connectivity index (χ1v) is 19.8. The van der Waals surface area contributed by atoms with Crippen molar-refractivity contribution in [3.8, 4) is 54.6 Å². The third-order valence-corrected chi connectivity index (χ3v) is 15.4. The molecule has 6 aromatic heterocycles. The fraction of sp³-hybridized carbons (Fsp3) is 0.190. The average molecular weight is 659 g/mol. The average Bonchev–Trinajstić information content (AvgIpc) is 3.70. The van der Waals surface area contributed by atoms with Crippen LogP contribution in [0.25, 0.3) is 54.6 Å². The molecule has 0 radical (unpaired) electrons. The molecule has 48 heavy (non-hydrogen) atoms. The molecule has 0 aliphatic heterocycles. The highest BCUT2D eigenvalue weighted by molar-refractivity contribution is 7.64. The maximum Gasteiger partial charge on any atom is 0.0747 e. The number of pyridine rings is 4. The van der Waals surface area contributed by atoms with E-state index in [1.165, 1.54) is 79.7 Å². The van der Waals surface area contributed by atoms with Gasteiger partial charge in [0.05, 0.1) is 22.8 Å². The van der Waals surface area contributed by atoms with E-state index in [1.54, 1.807) is 0 Å². The van der Waals surface area contributed by atoms with Crippen molar-refractivity contribution in [3.63, 3.8) is 0 Å². The Bertz CT molecular complexity index is 1910. The maximum atomic E-state index is 4.95. The molecule has 0 amide bonds. The van der Waals surface area contributed by atoms with Crippen molar-refractivity contribution in [2.45, 2.75) is 51.4 Å². The van der Waals surface area contributed by atoms with Gasteiger partial charge < -0.3 is 0 Å². The summed E-state index contributed by atoms with van der Waals surface area (Å²) >= 11 is 0. The van der Waals surface area contributed by atoms with Gasteiger partial charge in [0.1, 0.15) is 0 Å². The molecule has 9 rings (SSSR count). The lowest BCUT2D eigenvalue weighted by molar-refractivity contribution is 0.691. The monoisotopic (exact) mass is 658 g/mol. The molecule has 2 aliphatic rings. The Morgan fingerprint density at radius 1 is 0.333 bits per heavy atom. The van der Waals surface area contributed by atoms with Gasteiger partial charge in [0.15, 0.2) is 0 Å². The van der Waals surface area contributed by atoms with E-state index in [2.05, 4.69) is 72.8 Å². The first-order valence-electron chi connectivity index (χ1n) is 17.2. The van der Waals surface area contributed by atoms with Gasteiger partial charge in [-0.1, -0.05) is 39.3 Å². The summed E-state index contributed by atoms with van der Waals surface area (Å²) in [7, 11) is -1.65. The fourth-order valence-corrected chi connectivity index (χ4v) is 13.9. The molecule has 0 saturated heterocycles. The Morgan fingerprint density at radius 3 is 0.833 bits per heavy atom. The molecule has 6 heteroatoms. The number of aromatic nitrogens is 4. The molecule has 0 saturated carbocycles. The molecule has 2 aliphatic carbocycles. The van der Waals surface area contributed by atoms with E-state index in [-0.39, 0.29) is 0 Å². The molecule has 0 atom stereocenters. The summed E-state index contributed by atoms with van der Waals surface area (Å²) < 4.78 is 0. The zero-order chi connectivity index (χ0) is 31.9. The van der Waals surface area contributed by atoms with Crippen LogP contribution in [0, 0.1) is 0 Å². The van der Waals surface area contributed by atoms with Gasteiger partial charge in [-0.05, 0) is 157 Å². The van der Waals surface area contributed by atoms with Crippen LogP contribution in [-0.2, 0) is 25.7 Å². The van der Waals surface area contributed by atoms with Gasteiger partial charge in [0, 0.05) is 46.0 Å². The van der Waals surface area contributed by atoms with Gasteiger partial charge in [-0.25, -0.2) is 0 Å². The molecule has 0 bridgehead atoms. The standard InChI is InChI=1S/C42H36N4P2/c1-2-14-32-31(13-1)39(35-17-5-9-25-43-35)47(40(32)36-18-6-10-26-44-36)29-21-23-30(24-22-29)48-41(37-19-7-11-27-45-37)33-15-3-4-16-34(33)42(48)38-20-8-12-28-46-38/h5-12,17-28H,1-4,13-16H2. The van der Waals surface area contributed by atoms with E-state index in [9.17, 15) is 0 Å². The molecular formula is C42H36N4P2. The number of rotatable bonds is 6. The number of fused-ring (bicyclic) bond motifs is 2. The van der Waals surface area contributed by atoms with Crippen LogP contribution in [0.1, 0.15) is 47.9 Å². The predicted octanol–water partition coefficient (Wildman–Crippen LogP) is 11.6. The first-order chi connectivity index (χ1) is 23.9. The lowest BCUT2D eigenvalue weighted by Gasteiger charge is -2.14. The van der Waals surface area contributed by atoms with Gasteiger partial charge in [-0.15, -0.1) is 0 Å². The third-order valence-electron chi connectivity index (χ3n) is 9.97. The van der Waals surface area contributed by atoms with Gasteiger partial charge in [-0.3, -0.25) is 19.9 Å². The topological polar surface area (TPSA) is 51.6 Å². The maximum absolute atomic E-state index is 4.95. The largest absolute Gasteiger partial charge is 0.256 e. The molecule has 0 fully saturated rings. The summed E-state index contributed by atoms with van der Waals surface area (Å²) in [5.74, 6) is 0. The van der Waals surface area contributed by atoms with E-state index >= 15 is 0 Å². The molecule has 4 nitrogen and oxygen atoms in total. The highest BCUT2D eigenvalue weighted by Crippen LogP contribution is 2.64. The summed E-state index contributed by atoms with van der Waals surface area (Å²) in [6.45, 7) is 0. The van der Waals surface area contributed by atoms with Crippen LogP contribution in [0.3, 0.4) is 0 Å². The van der Waals surface area contributed by atoms with Crippen molar-refractivity contribution in [3.05, 3.63) is 144 Å². The minimum Gasteiger partial charge on any atom is -0.256 e. The zero-order valence-corrected chi connectivity index (χ0v) is 28.7. The SMILES string of the molecule is c1ccc(-c2c3c(c(-c4ccccn4)p2-c2ccc(-p4c(-c5ccccn5)c5c(c4-c4ccccn4)CCCC5)cc2)CCCC3)nc1. The first kappa shape index (κ1) is 29.5. The lowest BCUT2D eigenvalue weighted by Crippen LogP contribution is -2.01. The van der Waals surface area contributed by atoms with Crippen molar-refractivity contribution < 1.29 is 0 Å². The van der Waals surface area contributed by atoms with Crippen LogP contribution in [0.2, 0.25) is 0 Å². The van der Waals surface area contributed by atoms with Crippen molar-refractivity contribution in [1.82, 2.24) is 19.9 Å². The number of benzene rings is 1. The predicted molar refractivity (Wildman–Crippen MR) is 201 cm³/mol. The Balaban J connectivity index is 1.29. The van der Waals surface area contributed by atoms with Crippen LogP contribution < -0.4 is 0 Å². The Kier molecular flexibility index (Phi) is 7.85. The van der Waals surface area contributed by atoms with Crippen LogP contribution >= 0.6 is 15.1 Å². The summed E-state index contributed by atoms with van der Waals surface area (Å²) in [6.07, 6.45) is 17.2. The third kappa shape index (κ3) is 5.07. The molecule has 0 unspecified atom stereocenters. The highest BCUT2D eigenvalue weighted by atomic mass is 31.1. The van der Waals surface area contributed by atoms with E-state index in [0.717, 1.165) is 48.5 Å². The van der Waals surface area contributed by atoms with E-state index in [1.807, 2.05) is 49.1 Å². The number of hydrogen-bond acceptors (Lipinski definition) is 4. The highest BCUT2D eigenvalue weighted by Gasteiger charge is 2.31. The van der Waals surface area contributed by atoms with Gasteiger partial charge in [0.2, 0.25) is 0 Å². The minimum absolute atomic E-state index is 0.825. The van der Waals surface area contributed by atoms with Gasteiger partial charge >= 0.3 is 0 Å². The summed E-state index contributed by atoms with van der Waals surface area (Å²) in [5, 5.41) is 8.46. The summed E-state index contributed by atoms with van der Waals surface area (Å²) in [4.78, 5) is 19.8. The normalized spacial score (nSPS) is 14.0. The Labute approximate surface area is 284 Å². The minimum atomic E-state index is -0.825. The van der Waals surface area contributed by atoms with Gasteiger partial charge in [0.25, 0.3) is 0 Å². The van der Waals surface area contributed by atoms with E-state index < -0.39 is 15.1 Å². The molecule has 1 aromatic carbocycles. The van der Waals surface area contributed by atoms with Crippen LogP contribution in [0.15, 0.2) is 122 Å². The molecular weight excluding hydrogens is 622 g/mol. The molecule has 6 heterocycles. The molecule has 0 N–H and O–H groups in total. The van der Waals surface area contributed by atoms with E-state index in [4.69, 9.17) is 19.9 Å². The van der Waals surface area contributed by atoms with E-state index in [0.29, 0.717) is 0 Å². The van der Waals surface area contributed by atoms with Crippen LogP contribution in [-0.4, -0.2) is 19.9 Å². The summed E-state index contributed by atoms with van der Waals surface area (Å²) in [5.41, 5.74) is 10.5. The molecule has 234 valence electrons. The van der Waals surface area contributed by atoms with Crippen molar-refractivity contribution >= 4 is 15.1 Å². The summed E-state index contributed by atoms with van der Waals surface area (Å²) in [6, 6.07) is 35.2. The Morgan fingerprint density at radius 2 is 0.604 bits per heavy atom. The second-order valence-corrected chi connectivity index (χ2v) is 16.9. The lowest BCUT2D eigenvalue weighted by atomic mass is 9.91. The smallest absolute Gasteiger partial charge is 0.0747 e. The van der Waals surface area contributed by atoms with Crippen molar-refractivity contribution in [1.29, 1.82) is 0 Å². The van der Waals surface area contributed by atoms with Crippen LogP contribution in [0.4, 0.5) is 0 Å². The fourth-order valence-electron chi connectivity index (χ4n) is 7.97. The second-order valence-electron chi connectivity index (χ2n) is 12.8.